The number of nitrogens with two attached hydrogens (primary N) is 1. The lowest BCUT2D eigenvalue weighted by Crippen LogP contribution is -2.22. The predicted molar refractivity (Wildman–Crippen MR) is 75.1 cm³/mol. The van der Waals surface area contributed by atoms with Crippen molar-refractivity contribution < 1.29 is 9.47 Å². The van der Waals surface area contributed by atoms with E-state index in [1.165, 1.54) is 11.1 Å². The van der Waals surface area contributed by atoms with E-state index in [1.54, 1.807) is 0 Å². The molecular formula is C15H25NO2. The van der Waals surface area contributed by atoms with Gasteiger partial charge in [0.05, 0.1) is 12.2 Å². The molecule has 3 heteroatoms. The maximum atomic E-state index is 5.76. The number of aryl methyl sites for hydroxylation is 1. The van der Waals surface area contributed by atoms with Gasteiger partial charge in [0.2, 0.25) is 0 Å². The maximum absolute atomic E-state index is 5.76. The van der Waals surface area contributed by atoms with E-state index in [0.717, 1.165) is 12.2 Å². The number of rotatable bonds is 6. The van der Waals surface area contributed by atoms with Crippen LogP contribution in [-0.4, -0.2) is 25.4 Å². The maximum Gasteiger partial charge on any atom is 0.122 e. The summed E-state index contributed by atoms with van der Waals surface area (Å²) < 4.78 is 11.4. The molecule has 0 aliphatic carbocycles. The highest BCUT2D eigenvalue weighted by Crippen LogP contribution is 2.20. The summed E-state index contributed by atoms with van der Waals surface area (Å²) in [5.41, 5.74) is 7.90. The van der Waals surface area contributed by atoms with Gasteiger partial charge in [0.15, 0.2) is 0 Å². The lowest BCUT2D eigenvalue weighted by molar-refractivity contribution is -0.0163. The molecule has 0 fully saturated rings. The van der Waals surface area contributed by atoms with E-state index in [9.17, 15) is 0 Å². The molecule has 0 aromatic heterocycles. The molecule has 0 radical (unpaired) electrons. The molecule has 0 atom stereocenters. The molecular weight excluding hydrogens is 226 g/mol. The van der Waals surface area contributed by atoms with Gasteiger partial charge >= 0.3 is 0 Å². The molecule has 0 spiro atoms. The van der Waals surface area contributed by atoms with Crippen LogP contribution in [0.3, 0.4) is 0 Å². The van der Waals surface area contributed by atoms with Gasteiger partial charge in [0.1, 0.15) is 12.4 Å². The van der Waals surface area contributed by atoms with Crippen LogP contribution in [0.15, 0.2) is 18.2 Å². The summed E-state index contributed by atoms with van der Waals surface area (Å²) in [6.07, 6.45) is 0.844. The number of hydrogen-bond acceptors (Lipinski definition) is 3. The molecule has 0 aliphatic heterocycles. The Hall–Kier alpha value is -1.06. The van der Waals surface area contributed by atoms with Crippen LogP contribution in [-0.2, 0) is 11.2 Å². The van der Waals surface area contributed by atoms with Crippen LogP contribution in [0, 0.1) is 6.92 Å². The van der Waals surface area contributed by atoms with E-state index >= 15 is 0 Å². The van der Waals surface area contributed by atoms with Crippen LogP contribution in [0.5, 0.6) is 5.75 Å². The molecule has 2 N–H and O–H groups in total. The first-order chi connectivity index (χ1) is 8.42. The number of hydrogen-bond donors (Lipinski definition) is 1. The molecule has 0 heterocycles. The molecule has 1 rings (SSSR count). The Kier molecular flexibility index (Phi) is 5.63. The second-order valence-corrected chi connectivity index (χ2v) is 5.46. The summed E-state index contributed by atoms with van der Waals surface area (Å²) in [4.78, 5) is 0. The third-order valence-corrected chi connectivity index (χ3v) is 2.51. The first-order valence-electron chi connectivity index (χ1n) is 6.49. The standard InChI is InChI=1S/C15H25NO2/c1-12-5-6-14(13(11-12)7-8-16)17-9-10-18-15(2,3)4/h5-6,11H,7-10,16H2,1-4H3. The van der Waals surface area contributed by atoms with Gasteiger partial charge in [-0.05, 0) is 52.3 Å². The summed E-state index contributed by atoms with van der Waals surface area (Å²) in [7, 11) is 0. The smallest absolute Gasteiger partial charge is 0.122 e. The van der Waals surface area contributed by atoms with Gasteiger partial charge in [0, 0.05) is 0 Å². The molecule has 3 nitrogen and oxygen atoms in total. The zero-order valence-corrected chi connectivity index (χ0v) is 12.0. The minimum Gasteiger partial charge on any atom is -0.491 e. The second-order valence-electron chi connectivity index (χ2n) is 5.46. The van der Waals surface area contributed by atoms with Crippen molar-refractivity contribution in [1.82, 2.24) is 0 Å². The average Bonchev–Trinajstić information content (AvgIpc) is 2.26. The van der Waals surface area contributed by atoms with E-state index in [0.29, 0.717) is 19.8 Å². The Morgan fingerprint density at radius 2 is 1.89 bits per heavy atom. The molecule has 0 bridgehead atoms. The van der Waals surface area contributed by atoms with Crippen molar-refractivity contribution in [2.75, 3.05) is 19.8 Å². The minimum atomic E-state index is -0.114. The first-order valence-corrected chi connectivity index (χ1v) is 6.49. The predicted octanol–water partition coefficient (Wildman–Crippen LogP) is 2.69. The van der Waals surface area contributed by atoms with Gasteiger partial charge in [-0.25, -0.2) is 0 Å². The first kappa shape index (κ1) is 15.0. The fourth-order valence-corrected chi connectivity index (χ4v) is 1.70. The Balaban J connectivity index is 2.51. The molecule has 0 unspecified atom stereocenters. The zero-order valence-electron chi connectivity index (χ0n) is 12.0. The zero-order chi connectivity index (χ0) is 13.6. The Morgan fingerprint density at radius 1 is 1.17 bits per heavy atom. The van der Waals surface area contributed by atoms with Gasteiger partial charge in [-0.15, -0.1) is 0 Å². The topological polar surface area (TPSA) is 44.5 Å². The lowest BCUT2D eigenvalue weighted by atomic mass is 10.1. The van der Waals surface area contributed by atoms with E-state index < -0.39 is 0 Å². The quantitative estimate of drug-likeness (QED) is 0.791. The monoisotopic (exact) mass is 251 g/mol. The van der Waals surface area contributed by atoms with Gasteiger partial charge in [0.25, 0.3) is 0 Å². The van der Waals surface area contributed by atoms with Gasteiger partial charge in [-0.1, -0.05) is 17.7 Å². The molecule has 0 saturated carbocycles. The summed E-state index contributed by atoms with van der Waals surface area (Å²) in [6.45, 7) is 10.00. The Labute approximate surface area is 110 Å². The summed E-state index contributed by atoms with van der Waals surface area (Å²) in [5.74, 6) is 0.920. The normalized spacial score (nSPS) is 11.6. The highest BCUT2D eigenvalue weighted by atomic mass is 16.5. The summed E-state index contributed by atoms with van der Waals surface area (Å²) >= 11 is 0. The fourth-order valence-electron chi connectivity index (χ4n) is 1.70. The highest BCUT2D eigenvalue weighted by Gasteiger charge is 2.10. The van der Waals surface area contributed by atoms with Gasteiger partial charge < -0.3 is 15.2 Å². The van der Waals surface area contributed by atoms with Crippen LogP contribution in [0.25, 0.3) is 0 Å². The van der Waals surface area contributed by atoms with Crippen molar-refractivity contribution in [2.45, 2.75) is 39.7 Å². The highest BCUT2D eigenvalue weighted by molar-refractivity contribution is 5.37. The van der Waals surface area contributed by atoms with E-state index in [-0.39, 0.29) is 5.60 Å². The lowest BCUT2D eigenvalue weighted by Gasteiger charge is -2.20. The second kappa shape index (κ2) is 6.76. The van der Waals surface area contributed by atoms with Crippen LogP contribution < -0.4 is 10.5 Å². The molecule has 1 aromatic rings. The van der Waals surface area contributed by atoms with Crippen molar-refractivity contribution in [2.24, 2.45) is 5.73 Å². The van der Waals surface area contributed by atoms with Gasteiger partial charge in [-0.3, -0.25) is 0 Å². The molecule has 0 amide bonds. The van der Waals surface area contributed by atoms with E-state index in [4.69, 9.17) is 15.2 Å². The molecule has 18 heavy (non-hydrogen) atoms. The van der Waals surface area contributed by atoms with E-state index in [1.807, 2.05) is 26.8 Å². The Morgan fingerprint density at radius 3 is 2.50 bits per heavy atom. The summed E-state index contributed by atoms with van der Waals surface area (Å²) in [5, 5.41) is 0. The van der Waals surface area contributed by atoms with Crippen LogP contribution in [0.2, 0.25) is 0 Å². The Bertz CT molecular complexity index is 369. The van der Waals surface area contributed by atoms with Crippen molar-refractivity contribution in [1.29, 1.82) is 0 Å². The molecule has 1 aromatic carbocycles. The van der Waals surface area contributed by atoms with Crippen LogP contribution >= 0.6 is 0 Å². The van der Waals surface area contributed by atoms with Gasteiger partial charge in [-0.2, -0.15) is 0 Å². The average molecular weight is 251 g/mol. The minimum absolute atomic E-state index is 0.114. The third-order valence-electron chi connectivity index (χ3n) is 2.51. The number of benzene rings is 1. The SMILES string of the molecule is Cc1ccc(OCCOC(C)(C)C)c(CCN)c1. The number of ether oxygens (including phenoxy) is 2. The largest absolute Gasteiger partial charge is 0.491 e. The van der Waals surface area contributed by atoms with Crippen LogP contribution in [0.1, 0.15) is 31.9 Å². The van der Waals surface area contributed by atoms with Crippen molar-refractivity contribution >= 4 is 0 Å². The fraction of sp³-hybridized carbons (Fsp3) is 0.600. The van der Waals surface area contributed by atoms with Crippen molar-refractivity contribution in [3.63, 3.8) is 0 Å². The van der Waals surface area contributed by atoms with E-state index in [2.05, 4.69) is 19.1 Å². The van der Waals surface area contributed by atoms with Crippen molar-refractivity contribution in [3.05, 3.63) is 29.3 Å². The third kappa shape index (κ3) is 5.52. The van der Waals surface area contributed by atoms with Crippen LogP contribution in [0.4, 0.5) is 0 Å². The van der Waals surface area contributed by atoms with Crippen molar-refractivity contribution in [3.8, 4) is 5.75 Å². The molecule has 102 valence electrons. The molecule has 0 aliphatic rings. The summed E-state index contributed by atoms with van der Waals surface area (Å²) in [6, 6.07) is 6.20. The molecule has 0 saturated heterocycles.